The van der Waals surface area contributed by atoms with Crippen LogP contribution in [0.2, 0.25) is 0 Å². The second-order valence-electron chi connectivity index (χ2n) is 4.49. The first-order chi connectivity index (χ1) is 8.13. The number of amides is 1. The van der Waals surface area contributed by atoms with E-state index >= 15 is 0 Å². The number of carbonyl (C=O) groups is 1. The zero-order valence-electron chi connectivity index (χ0n) is 9.70. The molecular weight excluding hydrogens is 302 g/mol. The highest BCUT2D eigenvalue weighted by molar-refractivity contribution is 9.10. The number of hydrogen-bond donors (Lipinski definition) is 0. The van der Waals surface area contributed by atoms with E-state index in [-0.39, 0.29) is 11.9 Å². The van der Waals surface area contributed by atoms with Crippen LogP contribution in [0.3, 0.4) is 0 Å². The molecular formula is C13H15BrClNO. The SMILES string of the molecule is CC1CCN(C(=O)c2ccc(Br)cc2)C1CCl. The van der Waals surface area contributed by atoms with Crippen molar-refractivity contribution in [1.82, 2.24) is 4.90 Å². The highest BCUT2D eigenvalue weighted by Crippen LogP contribution is 2.26. The van der Waals surface area contributed by atoms with Crippen molar-refractivity contribution in [3.8, 4) is 0 Å². The highest BCUT2D eigenvalue weighted by atomic mass is 79.9. The molecule has 0 aromatic heterocycles. The Bertz CT molecular complexity index is 406. The van der Waals surface area contributed by atoms with E-state index in [1.54, 1.807) is 0 Å². The van der Waals surface area contributed by atoms with Crippen LogP contribution in [0, 0.1) is 5.92 Å². The van der Waals surface area contributed by atoms with Crippen LogP contribution in [0.1, 0.15) is 23.7 Å². The molecule has 2 rings (SSSR count). The van der Waals surface area contributed by atoms with Crippen molar-refractivity contribution in [3.05, 3.63) is 34.3 Å². The zero-order valence-corrected chi connectivity index (χ0v) is 12.0. The molecule has 1 aliphatic heterocycles. The Labute approximate surface area is 115 Å². The summed E-state index contributed by atoms with van der Waals surface area (Å²) < 4.78 is 0.984. The lowest BCUT2D eigenvalue weighted by Crippen LogP contribution is -2.38. The zero-order chi connectivity index (χ0) is 12.4. The van der Waals surface area contributed by atoms with Gasteiger partial charge < -0.3 is 4.90 Å². The monoisotopic (exact) mass is 315 g/mol. The summed E-state index contributed by atoms with van der Waals surface area (Å²) in [7, 11) is 0. The van der Waals surface area contributed by atoms with Gasteiger partial charge in [-0.1, -0.05) is 22.9 Å². The Morgan fingerprint density at radius 2 is 2.12 bits per heavy atom. The van der Waals surface area contributed by atoms with E-state index in [9.17, 15) is 4.79 Å². The standard InChI is InChI=1S/C13H15BrClNO/c1-9-6-7-16(12(9)8-15)13(17)10-2-4-11(14)5-3-10/h2-5,9,12H,6-8H2,1H3. The maximum Gasteiger partial charge on any atom is 0.254 e. The summed E-state index contributed by atoms with van der Waals surface area (Å²) in [6, 6.07) is 7.65. The van der Waals surface area contributed by atoms with E-state index in [4.69, 9.17) is 11.6 Å². The predicted molar refractivity (Wildman–Crippen MR) is 73.5 cm³/mol. The van der Waals surface area contributed by atoms with E-state index in [0.29, 0.717) is 11.8 Å². The maximum atomic E-state index is 12.3. The third-order valence-corrected chi connectivity index (χ3v) is 4.24. The Morgan fingerprint density at radius 1 is 1.47 bits per heavy atom. The van der Waals surface area contributed by atoms with Crippen molar-refractivity contribution in [2.45, 2.75) is 19.4 Å². The van der Waals surface area contributed by atoms with E-state index in [1.807, 2.05) is 29.2 Å². The lowest BCUT2D eigenvalue weighted by Gasteiger charge is -2.25. The number of benzene rings is 1. The lowest BCUT2D eigenvalue weighted by atomic mass is 10.0. The summed E-state index contributed by atoms with van der Waals surface area (Å²) in [5.74, 6) is 1.10. The van der Waals surface area contributed by atoms with Crippen molar-refractivity contribution in [1.29, 1.82) is 0 Å². The molecule has 1 aromatic carbocycles. The summed E-state index contributed by atoms with van der Waals surface area (Å²) in [4.78, 5) is 14.2. The number of hydrogen-bond acceptors (Lipinski definition) is 1. The van der Waals surface area contributed by atoms with Crippen molar-refractivity contribution in [2.24, 2.45) is 5.92 Å². The van der Waals surface area contributed by atoms with E-state index in [0.717, 1.165) is 23.0 Å². The topological polar surface area (TPSA) is 20.3 Å². The number of alkyl halides is 1. The predicted octanol–water partition coefficient (Wildman–Crippen LogP) is 3.54. The molecule has 2 unspecified atom stereocenters. The van der Waals surface area contributed by atoms with Crippen LogP contribution in [0.5, 0.6) is 0 Å². The molecule has 1 fully saturated rings. The molecule has 1 aromatic rings. The van der Waals surface area contributed by atoms with Crippen LogP contribution in [-0.4, -0.2) is 29.3 Å². The van der Waals surface area contributed by atoms with Crippen molar-refractivity contribution >= 4 is 33.4 Å². The van der Waals surface area contributed by atoms with Gasteiger partial charge in [0.05, 0.1) is 0 Å². The van der Waals surface area contributed by atoms with E-state index in [1.165, 1.54) is 0 Å². The smallest absolute Gasteiger partial charge is 0.254 e. The Balaban J connectivity index is 2.17. The van der Waals surface area contributed by atoms with Crippen LogP contribution in [0.4, 0.5) is 0 Å². The maximum absolute atomic E-state index is 12.3. The van der Waals surface area contributed by atoms with Crippen LogP contribution < -0.4 is 0 Å². The molecule has 0 saturated carbocycles. The van der Waals surface area contributed by atoms with Crippen LogP contribution in [0.25, 0.3) is 0 Å². The molecule has 0 N–H and O–H groups in total. The fraction of sp³-hybridized carbons (Fsp3) is 0.462. The number of nitrogens with zero attached hydrogens (tertiary/aromatic N) is 1. The minimum atomic E-state index is 0.0903. The number of likely N-dealkylation sites (tertiary alicyclic amines) is 1. The number of halogens is 2. The third-order valence-electron chi connectivity index (χ3n) is 3.39. The molecule has 0 spiro atoms. The second kappa shape index (κ2) is 5.40. The summed E-state index contributed by atoms with van der Waals surface area (Å²) in [5.41, 5.74) is 0.734. The molecule has 17 heavy (non-hydrogen) atoms. The first-order valence-corrected chi connectivity index (χ1v) is 7.08. The molecule has 0 radical (unpaired) electrons. The minimum Gasteiger partial charge on any atom is -0.334 e. The van der Waals surface area contributed by atoms with Gasteiger partial charge >= 0.3 is 0 Å². The van der Waals surface area contributed by atoms with Gasteiger partial charge in [-0.3, -0.25) is 4.79 Å². The molecule has 0 bridgehead atoms. The molecule has 92 valence electrons. The number of rotatable bonds is 2. The van der Waals surface area contributed by atoms with E-state index in [2.05, 4.69) is 22.9 Å². The highest BCUT2D eigenvalue weighted by Gasteiger charge is 2.33. The quantitative estimate of drug-likeness (QED) is 0.764. The Hall–Kier alpha value is -0.540. The molecule has 1 amide bonds. The molecule has 0 aliphatic carbocycles. The Kier molecular flexibility index (Phi) is 4.10. The van der Waals surface area contributed by atoms with Gasteiger partial charge in [-0.2, -0.15) is 0 Å². The number of carbonyl (C=O) groups excluding carboxylic acids is 1. The van der Waals surface area contributed by atoms with Gasteiger partial charge in [-0.25, -0.2) is 0 Å². The summed E-state index contributed by atoms with van der Waals surface area (Å²) in [6.07, 6.45) is 1.04. The summed E-state index contributed by atoms with van der Waals surface area (Å²) >= 11 is 9.32. The van der Waals surface area contributed by atoms with Crippen molar-refractivity contribution < 1.29 is 4.79 Å². The fourth-order valence-corrected chi connectivity index (χ4v) is 2.99. The molecule has 2 nitrogen and oxygen atoms in total. The molecule has 4 heteroatoms. The van der Waals surface area contributed by atoms with Gasteiger partial charge in [-0.05, 0) is 36.6 Å². The molecule has 1 heterocycles. The first-order valence-electron chi connectivity index (χ1n) is 5.76. The van der Waals surface area contributed by atoms with Crippen molar-refractivity contribution in [2.75, 3.05) is 12.4 Å². The summed E-state index contributed by atoms with van der Waals surface area (Å²) in [5, 5.41) is 0. The fourth-order valence-electron chi connectivity index (χ4n) is 2.25. The second-order valence-corrected chi connectivity index (χ2v) is 5.72. The van der Waals surface area contributed by atoms with Crippen LogP contribution in [-0.2, 0) is 0 Å². The minimum absolute atomic E-state index is 0.0903. The van der Waals surface area contributed by atoms with Crippen LogP contribution in [0.15, 0.2) is 28.7 Å². The van der Waals surface area contributed by atoms with Gasteiger partial charge in [0.2, 0.25) is 0 Å². The van der Waals surface area contributed by atoms with Crippen LogP contribution >= 0.6 is 27.5 Å². The van der Waals surface area contributed by atoms with Gasteiger partial charge in [0.1, 0.15) is 0 Å². The lowest BCUT2D eigenvalue weighted by molar-refractivity contribution is 0.0737. The average Bonchev–Trinajstić information content (AvgIpc) is 2.70. The third kappa shape index (κ3) is 2.66. The first kappa shape index (κ1) is 12.9. The molecule has 1 saturated heterocycles. The average molecular weight is 317 g/mol. The van der Waals surface area contributed by atoms with Gasteiger partial charge in [0.25, 0.3) is 5.91 Å². The van der Waals surface area contributed by atoms with Gasteiger partial charge in [0.15, 0.2) is 0 Å². The van der Waals surface area contributed by atoms with Gasteiger partial charge in [0, 0.05) is 28.5 Å². The normalized spacial score (nSPS) is 24.1. The van der Waals surface area contributed by atoms with Gasteiger partial charge in [-0.15, -0.1) is 11.6 Å². The van der Waals surface area contributed by atoms with E-state index < -0.39 is 0 Å². The molecule has 1 aliphatic rings. The largest absolute Gasteiger partial charge is 0.334 e. The van der Waals surface area contributed by atoms with Crippen molar-refractivity contribution in [3.63, 3.8) is 0 Å². The Morgan fingerprint density at radius 3 is 2.71 bits per heavy atom. The molecule has 2 atom stereocenters. The summed E-state index contributed by atoms with van der Waals surface area (Å²) in [6.45, 7) is 2.97.